The normalized spacial score (nSPS) is 18.5. The molecule has 0 saturated heterocycles. The molecule has 0 aromatic heterocycles. The summed E-state index contributed by atoms with van der Waals surface area (Å²) in [6, 6.07) is 8.85. The average molecular weight is 296 g/mol. The summed E-state index contributed by atoms with van der Waals surface area (Å²) in [4.78, 5) is 0. The van der Waals surface area contributed by atoms with Gasteiger partial charge in [0, 0.05) is 11.0 Å². The Morgan fingerprint density at radius 1 is 1.35 bits per heavy atom. The van der Waals surface area contributed by atoms with E-state index in [0.717, 1.165) is 19.0 Å². The lowest BCUT2D eigenvalue weighted by molar-refractivity contribution is 0.414. The van der Waals surface area contributed by atoms with Crippen molar-refractivity contribution in [2.45, 2.75) is 38.5 Å². The summed E-state index contributed by atoms with van der Waals surface area (Å²) in [5.74, 6) is 1.57. The van der Waals surface area contributed by atoms with Gasteiger partial charge in [-0.1, -0.05) is 47.8 Å². The number of benzene rings is 1. The zero-order valence-corrected chi connectivity index (χ0v) is 12.2. The Kier molecular flexibility index (Phi) is 5.05. The SMILES string of the molecule is CCNCC(c1cccc(Br)c1)C1CCCC1. The summed E-state index contributed by atoms with van der Waals surface area (Å²) in [5, 5.41) is 3.53. The maximum absolute atomic E-state index is 3.59. The number of nitrogens with one attached hydrogen (secondary N) is 1. The lowest BCUT2D eigenvalue weighted by Crippen LogP contribution is -2.25. The highest BCUT2D eigenvalue weighted by molar-refractivity contribution is 9.10. The Bertz CT molecular complexity index is 345. The number of hydrogen-bond acceptors (Lipinski definition) is 1. The van der Waals surface area contributed by atoms with Crippen LogP contribution in [0.5, 0.6) is 0 Å². The Morgan fingerprint density at radius 3 is 2.76 bits per heavy atom. The first-order valence-corrected chi connectivity index (χ1v) is 7.56. The minimum atomic E-state index is 0.690. The van der Waals surface area contributed by atoms with Crippen LogP contribution in [-0.2, 0) is 0 Å². The summed E-state index contributed by atoms with van der Waals surface area (Å²) in [7, 11) is 0. The third-order valence-corrected chi connectivity index (χ3v) is 4.35. The fourth-order valence-electron chi connectivity index (χ4n) is 2.95. The molecule has 2 rings (SSSR count). The van der Waals surface area contributed by atoms with Gasteiger partial charge in [0.15, 0.2) is 0 Å². The van der Waals surface area contributed by atoms with Gasteiger partial charge in [0.25, 0.3) is 0 Å². The van der Waals surface area contributed by atoms with E-state index in [1.807, 2.05) is 0 Å². The van der Waals surface area contributed by atoms with E-state index in [-0.39, 0.29) is 0 Å². The van der Waals surface area contributed by atoms with Crippen LogP contribution in [0.4, 0.5) is 0 Å². The van der Waals surface area contributed by atoms with Gasteiger partial charge in [0.2, 0.25) is 0 Å². The Hall–Kier alpha value is -0.340. The van der Waals surface area contributed by atoms with Gasteiger partial charge in [0.05, 0.1) is 0 Å². The summed E-state index contributed by atoms with van der Waals surface area (Å²) in [6.45, 7) is 4.38. The van der Waals surface area contributed by atoms with Crippen molar-refractivity contribution in [3.05, 3.63) is 34.3 Å². The molecule has 0 amide bonds. The molecule has 1 nitrogen and oxygen atoms in total. The molecule has 2 heteroatoms. The maximum atomic E-state index is 3.59. The number of likely N-dealkylation sites (N-methyl/N-ethyl adjacent to an activating group) is 1. The van der Waals surface area contributed by atoms with Gasteiger partial charge in [-0.05, 0) is 48.9 Å². The third-order valence-electron chi connectivity index (χ3n) is 3.86. The van der Waals surface area contributed by atoms with Gasteiger partial charge in [0.1, 0.15) is 0 Å². The van der Waals surface area contributed by atoms with Crippen LogP contribution >= 0.6 is 15.9 Å². The lowest BCUT2D eigenvalue weighted by Gasteiger charge is -2.24. The van der Waals surface area contributed by atoms with Crippen molar-refractivity contribution < 1.29 is 0 Å². The van der Waals surface area contributed by atoms with E-state index in [4.69, 9.17) is 0 Å². The molecule has 1 aromatic rings. The Labute approximate surface area is 113 Å². The van der Waals surface area contributed by atoms with E-state index in [2.05, 4.69) is 52.4 Å². The van der Waals surface area contributed by atoms with Crippen molar-refractivity contribution in [1.29, 1.82) is 0 Å². The summed E-state index contributed by atoms with van der Waals surface area (Å²) in [5.41, 5.74) is 1.49. The fourth-order valence-corrected chi connectivity index (χ4v) is 3.37. The van der Waals surface area contributed by atoms with Crippen LogP contribution in [0.15, 0.2) is 28.7 Å². The molecule has 0 radical (unpaired) electrons. The smallest absolute Gasteiger partial charge is 0.0178 e. The van der Waals surface area contributed by atoms with E-state index >= 15 is 0 Å². The summed E-state index contributed by atoms with van der Waals surface area (Å²) < 4.78 is 1.20. The molecule has 0 heterocycles. The van der Waals surface area contributed by atoms with Gasteiger partial charge in [-0.15, -0.1) is 0 Å². The predicted molar refractivity (Wildman–Crippen MR) is 77.4 cm³/mol. The predicted octanol–water partition coefficient (Wildman–Crippen LogP) is 4.33. The minimum absolute atomic E-state index is 0.690. The molecule has 1 aliphatic rings. The Balaban J connectivity index is 2.13. The molecule has 1 aliphatic carbocycles. The largest absolute Gasteiger partial charge is 0.316 e. The average Bonchev–Trinajstić information content (AvgIpc) is 2.83. The maximum Gasteiger partial charge on any atom is 0.0178 e. The molecule has 0 bridgehead atoms. The minimum Gasteiger partial charge on any atom is -0.316 e. The molecule has 1 saturated carbocycles. The zero-order chi connectivity index (χ0) is 12.1. The van der Waals surface area contributed by atoms with Gasteiger partial charge >= 0.3 is 0 Å². The Morgan fingerprint density at radius 2 is 2.12 bits per heavy atom. The molecular weight excluding hydrogens is 274 g/mol. The molecule has 94 valence electrons. The molecule has 1 N–H and O–H groups in total. The number of halogens is 1. The van der Waals surface area contributed by atoms with E-state index < -0.39 is 0 Å². The monoisotopic (exact) mass is 295 g/mol. The van der Waals surface area contributed by atoms with Crippen molar-refractivity contribution in [3.8, 4) is 0 Å². The highest BCUT2D eigenvalue weighted by Crippen LogP contribution is 2.37. The van der Waals surface area contributed by atoms with Gasteiger partial charge in [-0.3, -0.25) is 0 Å². The fraction of sp³-hybridized carbons (Fsp3) is 0.600. The van der Waals surface area contributed by atoms with Crippen LogP contribution in [0, 0.1) is 5.92 Å². The van der Waals surface area contributed by atoms with Crippen molar-refractivity contribution in [2.75, 3.05) is 13.1 Å². The first kappa shape index (κ1) is 13.1. The van der Waals surface area contributed by atoms with E-state index in [1.165, 1.54) is 35.7 Å². The van der Waals surface area contributed by atoms with Crippen LogP contribution < -0.4 is 5.32 Å². The molecular formula is C15H22BrN. The van der Waals surface area contributed by atoms with Crippen LogP contribution in [-0.4, -0.2) is 13.1 Å². The van der Waals surface area contributed by atoms with E-state index in [0.29, 0.717) is 5.92 Å². The third kappa shape index (κ3) is 3.56. The molecule has 1 fully saturated rings. The van der Waals surface area contributed by atoms with Crippen LogP contribution in [0.1, 0.15) is 44.1 Å². The van der Waals surface area contributed by atoms with Gasteiger partial charge in [-0.25, -0.2) is 0 Å². The highest BCUT2D eigenvalue weighted by atomic mass is 79.9. The molecule has 1 atom stereocenters. The zero-order valence-electron chi connectivity index (χ0n) is 10.6. The quantitative estimate of drug-likeness (QED) is 0.852. The second kappa shape index (κ2) is 6.55. The van der Waals surface area contributed by atoms with Gasteiger partial charge < -0.3 is 5.32 Å². The molecule has 0 aliphatic heterocycles. The van der Waals surface area contributed by atoms with Crippen molar-refractivity contribution in [1.82, 2.24) is 5.32 Å². The summed E-state index contributed by atoms with van der Waals surface area (Å²) in [6.07, 6.45) is 5.65. The van der Waals surface area contributed by atoms with Crippen molar-refractivity contribution in [2.24, 2.45) is 5.92 Å². The second-order valence-electron chi connectivity index (χ2n) is 5.01. The number of rotatable bonds is 5. The number of hydrogen-bond donors (Lipinski definition) is 1. The lowest BCUT2D eigenvalue weighted by atomic mass is 9.85. The highest BCUT2D eigenvalue weighted by Gasteiger charge is 2.25. The topological polar surface area (TPSA) is 12.0 Å². The molecule has 1 unspecified atom stereocenters. The van der Waals surface area contributed by atoms with Crippen LogP contribution in [0.25, 0.3) is 0 Å². The van der Waals surface area contributed by atoms with Crippen molar-refractivity contribution in [3.63, 3.8) is 0 Å². The molecule has 17 heavy (non-hydrogen) atoms. The second-order valence-corrected chi connectivity index (χ2v) is 5.93. The van der Waals surface area contributed by atoms with E-state index in [1.54, 1.807) is 0 Å². The molecule has 1 aromatic carbocycles. The van der Waals surface area contributed by atoms with E-state index in [9.17, 15) is 0 Å². The van der Waals surface area contributed by atoms with Crippen molar-refractivity contribution >= 4 is 15.9 Å². The molecule has 0 spiro atoms. The standard InChI is InChI=1S/C15H22BrN/c1-2-17-11-15(12-6-3-4-7-12)13-8-5-9-14(16)10-13/h5,8-10,12,15,17H,2-4,6-7,11H2,1H3. The van der Waals surface area contributed by atoms with Gasteiger partial charge in [-0.2, -0.15) is 0 Å². The summed E-state index contributed by atoms with van der Waals surface area (Å²) >= 11 is 3.59. The first-order valence-electron chi connectivity index (χ1n) is 6.77. The van der Waals surface area contributed by atoms with Crippen LogP contribution in [0.2, 0.25) is 0 Å². The van der Waals surface area contributed by atoms with Crippen LogP contribution in [0.3, 0.4) is 0 Å². The first-order chi connectivity index (χ1) is 8.31.